The SMILES string of the molecule is CC[C@H]1CC2=CC(=O)CC[C@@H]2[C@H]2CC[C@@]3(CC)[C@H]([C@H]12)[C@@H]1[C@H](C)[C@@H]1[C@@]3(C=NC)CC. The second-order valence-electron chi connectivity index (χ2n) is 11.3. The van der Waals surface area contributed by atoms with E-state index in [1.807, 2.05) is 7.05 Å². The molecule has 0 spiro atoms. The number of hydrogen-bond donors (Lipinski definition) is 0. The number of carbonyl (C=O) groups excluding carboxylic acids is 1. The molecule has 4 saturated carbocycles. The van der Waals surface area contributed by atoms with Crippen LogP contribution in [0.1, 0.15) is 79.1 Å². The van der Waals surface area contributed by atoms with Gasteiger partial charge in [0.25, 0.3) is 0 Å². The van der Waals surface area contributed by atoms with Crippen LogP contribution in [0, 0.1) is 58.2 Å². The Morgan fingerprint density at radius 1 is 1.14 bits per heavy atom. The average Bonchev–Trinajstić information content (AvgIpc) is 3.31. The fraction of sp³-hybridized carbons (Fsp3) is 0.852. The summed E-state index contributed by atoms with van der Waals surface area (Å²) >= 11 is 0. The fourth-order valence-corrected chi connectivity index (χ4v) is 10.2. The van der Waals surface area contributed by atoms with Crippen LogP contribution in [0.2, 0.25) is 0 Å². The monoisotopic (exact) mass is 395 g/mol. The minimum atomic E-state index is 0.327. The largest absolute Gasteiger partial charge is 0.300 e. The Kier molecular flexibility index (Phi) is 4.69. The van der Waals surface area contributed by atoms with E-state index in [9.17, 15) is 4.79 Å². The van der Waals surface area contributed by atoms with Crippen LogP contribution in [-0.4, -0.2) is 19.0 Å². The summed E-state index contributed by atoms with van der Waals surface area (Å²) in [5, 5.41) is 0. The second kappa shape index (κ2) is 6.79. The van der Waals surface area contributed by atoms with Gasteiger partial charge in [0.05, 0.1) is 0 Å². The van der Waals surface area contributed by atoms with Crippen molar-refractivity contribution < 1.29 is 4.79 Å². The average molecular weight is 396 g/mol. The quantitative estimate of drug-likeness (QED) is 0.510. The summed E-state index contributed by atoms with van der Waals surface area (Å²) in [7, 11) is 2.01. The van der Waals surface area contributed by atoms with E-state index < -0.39 is 0 Å². The van der Waals surface area contributed by atoms with Crippen LogP contribution in [0.25, 0.3) is 0 Å². The van der Waals surface area contributed by atoms with Gasteiger partial charge >= 0.3 is 0 Å². The van der Waals surface area contributed by atoms with Crippen molar-refractivity contribution >= 4 is 12.0 Å². The Bertz CT molecular complexity index is 752. The predicted octanol–water partition coefficient (Wildman–Crippen LogP) is 6.35. The molecule has 0 saturated heterocycles. The molecule has 5 aliphatic carbocycles. The van der Waals surface area contributed by atoms with Crippen molar-refractivity contribution in [2.75, 3.05) is 7.05 Å². The Morgan fingerprint density at radius 2 is 1.93 bits per heavy atom. The lowest BCUT2D eigenvalue weighted by Gasteiger charge is -2.61. The van der Waals surface area contributed by atoms with Gasteiger partial charge in [-0.25, -0.2) is 0 Å². The number of rotatable bonds is 4. The van der Waals surface area contributed by atoms with Gasteiger partial charge in [-0.2, -0.15) is 0 Å². The number of carbonyl (C=O) groups is 1. The van der Waals surface area contributed by atoms with Crippen molar-refractivity contribution in [3.05, 3.63) is 11.6 Å². The summed E-state index contributed by atoms with van der Waals surface area (Å²) in [6, 6.07) is 0. The summed E-state index contributed by atoms with van der Waals surface area (Å²) in [4.78, 5) is 16.9. The molecule has 2 nitrogen and oxygen atoms in total. The Labute approximate surface area is 178 Å². The molecule has 0 unspecified atom stereocenters. The molecule has 0 aliphatic heterocycles. The van der Waals surface area contributed by atoms with Crippen LogP contribution >= 0.6 is 0 Å². The predicted molar refractivity (Wildman–Crippen MR) is 120 cm³/mol. The molecular weight excluding hydrogens is 354 g/mol. The molecule has 4 fully saturated rings. The van der Waals surface area contributed by atoms with Gasteiger partial charge in [0.2, 0.25) is 0 Å². The number of ketones is 1. The third-order valence-corrected chi connectivity index (χ3v) is 11.0. The molecule has 2 heteroatoms. The first kappa shape index (κ1) is 20.0. The molecule has 29 heavy (non-hydrogen) atoms. The molecule has 160 valence electrons. The zero-order valence-corrected chi connectivity index (χ0v) is 19.3. The van der Waals surface area contributed by atoms with E-state index in [2.05, 4.69) is 40.0 Å². The highest BCUT2D eigenvalue weighted by Gasteiger charge is 2.78. The van der Waals surface area contributed by atoms with Crippen molar-refractivity contribution in [2.45, 2.75) is 79.1 Å². The first-order valence-corrected chi connectivity index (χ1v) is 12.7. The molecule has 5 aliphatic rings. The van der Waals surface area contributed by atoms with Crippen molar-refractivity contribution in [1.82, 2.24) is 0 Å². The van der Waals surface area contributed by atoms with Crippen LogP contribution in [0.5, 0.6) is 0 Å². The van der Waals surface area contributed by atoms with Gasteiger partial charge < -0.3 is 4.99 Å². The first-order valence-electron chi connectivity index (χ1n) is 12.7. The Morgan fingerprint density at radius 3 is 2.59 bits per heavy atom. The lowest BCUT2D eigenvalue weighted by Crippen LogP contribution is -2.56. The number of aliphatic imine (C=N–C) groups is 1. The summed E-state index contributed by atoms with van der Waals surface area (Å²) in [6.45, 7) is 9.89. The molecular formula is C27H41NO. The second-order valence-corrected chi connectivity index (χ2v) is 11.3. The molecule has 0 amide bonds. The lowest BCUT2D eigenvalue weighted by atomic mass is 9.43. The van der Waals surface area contributed by atoms with Crippen LogP contribution in [0.4, 0.5) is 0 Å². The molecule has 0 aromatic carbocycles. The Hall–Kier alpha value is -0.920. The van der Waals surface area contributed by atoms with E-state index in [-0.39, 0.29) is 0 Å². The maximum absolute atomic E-state index is 12.2. The summed E-state index contributed by atoms with van der Waals surface area (Å²) in [5.74, 6) is 7.13. The number of nitrogens with zero attached hydrogens (tertiary/aromatic N) is 1. The highest BCUT2D eigenvalue weighted by atomic mass is 16.1. The van der Waals surface area contributed by atoms with Crippen LogP contribution in [0.3, 0.4) is 0 Å². The third kappa shape index (κ3) is 2.35. The van der Waals surface area contributed by atoms with Gasteiger partial charge in [-0.05, 0) is 97.4 Å². The van der Waals surface area contributed by atoms with Gasteiger partial charge in [-0.15, -0.1) is 0 Å². The zero-order valence-electron chi connectivity index (χ0n) is 19.3. The van der Waals surface area contributed by atoms with Crippen molar-refractivity contribution in [3.8, 4) is 0 Å². The molecule has 0 aromatic heterocycles. The normalized spacial score (nSPS) is 53.1. The van der Waals surface area contributed by atoms with Gasteiger partial charge in [0, 0.05) is 25.1 Å². The van der Waals surface area contributed by atoms with Gasteiger partial charge in [-0.1, -0.05) is 39.7 Å². The van der Waals surface area contributed by atoms with Crippen LogP contribution in [0.15, 0.2) is 16.6 Å². The van der Waals surface area contributed by atoms with E-state index in [1.54, 1.807) is 0 Å². The maximum Gasteiger partial charge on any atom is 0.155 e. The van der Waals surface area contributed by atoms with Crippen LogP contribution < -0.4 is 0 Å². The molecule has 0 N–H and O–H groups in total. The Balaban J connectivity index is 1.61. The molecule has 5 rings (SSSR count). The maximum atomic E-state index is 12.2. The van der Waals surface area contributed by atoms with Gasteiger partial charge in [0.1, 0.15) is 0 Å². The molecule has 0 heterocycles. The smallest absolute Gasteiger partial charge is 0.155 e. The van der Waals surface area contributed by atoms with E-state index in [0.717, 1.165) is 54.3 Å². The van der Waals surface area contributed by atoms with E-state index in [0.29, 0.717) is 22.5 Å². The first-order chi connectivity index (χ1) is 14.0. The number of allylic oxidation sites excluding steroid dienone is 1. The van der Waals surface area contributed by atoms with E-state index in [1.165, 1.54) is 44.1 Å². The molecule has 0 radical (unpaired) electrons. The summed E-state index contributed by atoms with van der Waals surface area (Å²) in [6.07, 6.45) is 14.3. The van der Waals surface area contributed by atoms with E-state index in [4.69, 9.17) is 4.99 Å². The zero-order chi connectivity index (χ0) is 20.6. The minimum Gasteiger partial charge on any atom is -0.300 e. The van der Waals surface area contributed by atoms with Gasteiger partial charge in [0.15, 0.2) is 5.78 Å². The third-order valence-electron chi connectivity index (χ3n) is 11.0. The van der Waals surface area contributed by atoms with Crippen molar-refractivity contribution in [3.63, 3.8) is 0 Å². The molecule has 0 aromatic rings. The number of fused-ring (bicyclic) bond motifs is 7. The van der Waals surface area contributed by atoms with Gasteiger partial charge in [-0.3, -0.25) is 4.79 Å². The highest BCUT2D eigenvalue weighted by Crippen LogP contribution is 2.82. The molecule has 10 atom stereocenters. The minimum absolute atomic E-state index is 0.327. The lowest BCUT2D eigenvalue weighted by molar-refractivity contribution is -0.118. The molecule has 0 bridgehead atoms. The summed E-state index contributed by atoms with van der Waals surface area (Å²) < 4.78 is 0. The standard InChI is InChI=1S/C27H41NO/c1-6-17-13-18-14-19(29)9-10-20(18)21-11-12-26(7-2)25(23(17)21)22-16(4)24(22)27(26,8-3)15-28-5/h14-17,20-25H,6-13H2,1-5H3/t16-,17-,20-,21+,22+,23+,24-,25-,26-,27-/m0/s1. The van der Waals surface area contributed by atoms with Crippen molar-refractivity contribution in [1.29, 1.82) is 0 Å². The topological polar surface area (TPSA) is 29.4 Å². The fourth-order valence-electron chi connectivity index (χ4n) is 10.2. The van der Waals surface area contributed by atoms with Crippen LogP contribution in [-0.2, 0) is 4.79 Å². The van der Waals surface area contributed by atoms with Crippen molar-refractivity contribution in [2.24, 2.45) is 63.2 Å². The number of hydrogen-bond acceptors (Lipinski definition) is 2. The van der Waals surface area contributed by atoms with E-state index >= 15 is 0 Å². The highest BCUT2D eigenvalue weighted by molar-refractivity contribution is 5.91. The summed E-state index contributed by atoms with van der Waals surface area (Å²) in [5.41, 5.74) is 2.32.